The van der Waals surface area contributed by atoms with Crippen LogP contribution in [-0.2, 0) is 11.8 Å². The summed E-state index contributed by atoms with van der Waals surface area (Å²) in [5.41, 5.74) is 0. The van der Waals surface area contributed by atoms with Crippen molar-refractivity contribution >= 4 is 0 Å². The van der Waals surface area contributed by atoms with E-state index in [1.165, 1.54) is 0 Å². The molecule has 0 saturated carbocycles. The minimum Gasteiger partial charge on any atom is -0.391 e. The number of nitrogens with zero attached hydrogens (tertiary/aromatic N) is 2. The molecule has 0 aliphatic heterocycles. The maximum atomic E-state index is 9.46. The van der Waals surface area contributed by atoms with Gasteiger partial charge in [0.05, 0.1) is 18.8 Å². The number of aliphatic hydroxyl groups excluding tert-OH is 1. The van der Waals surface area contributed by atoms with Crippen molar-refractivity contribution < 1.29 is 9.84 Å². The molecule has 0 aliphatic carbocycles. The molecule has 16 heavy (non-hydrogen) atoms. The number of nitrogens with one attached hydrogen (secondary N) is 1. The summed E-state index contributed by atoms with van der Waals surface area (Å²) in [6.07, 6.45) is 3.99. The Kier molecular flexibility index (Phi) is 5.45. The molecule has 0 radical (unpaired) electrons. The maximum Gasteiger partial charge on any atom is 0.125 e. The molecule has 0 amide bonds. The Morgan fingerprint density at radius 1 is 1.62 bits per heavy atom. The lowest BCUT2D eigenvalue weighted by Gasteiger charge is -2.15. The van der Waals surface area contributed by atoms with Crippen molar-refractivity contribution in [3.63, 3.8) is 0 Å². The Bertz CT molecular complexity index is 301. The number of hydrogen-bond donors (Lipinski definition) is 2. The maximum absolute atomic E-state index is 9.46. The minimum atomic E-state index is -0.397. The van der Waals surface area contributed by atoms with Gasteiger partial charge in [-0.15, -0.1) is 0 Å². The highest BCUT2D eigenvalue weighted by Gasteiger charge is 2.10. The summed E-state index contributed by atoms with van der Waals surface area (Å²) < 4.78 is 6.85. The summed E-state index contributed by atoms with van der Waals surface area (Å²) in [6.45, 7) is 3.20. The molecule has 0 saturated heterocycles. The van der Waals surface area contributed by atoms with E-state index in [9.17, 15) is 5.11 Å². The smallest absolute Gasteiger partial charge is 0.125 e. The van der Waals surface area contributed by atoms with E-state index in [1.807, 2.05) is 17.8 Å². The lowest BCUT2D eigenvalue weighted by Crippen LogP contribution is -2.26. The van der Waals surface area contributed by atoms with E-state index in [-0.39, 0.29) is 6.04 Å². The predicted octanol–water partition coefficient (Wildman–Crippen LogP) is 0.468. The number of aromatic nitrogens is 2. The monoisotopic (exact) mass is 227 g/mol. The van der Waals surface area contributed by atoms with Crippen LogP contribution in [0.5, 0.6) is 0 Å². The van der Waals surface area contributed by atoms with Gasteiger partial charge in [0.2, 0.25) is 0 Å². The first kappa shape index (κ1) is 13.2. The molecule has 2 N–H and O–H groups in total. The summed E-state index contributed by atoms with van der Waals surface area (Å²) in [5, 5.41) is 12.8. The average Bonchev–Trinajstić information content (AvgIpc) is 2.64. The van der Waals surface area contributed by atoms with Crippen LogP contribution >= 0.6 is 0 Å². The number of rotatable bonds is 7. The van der Waals surface area contributed by atoms with Crippen LogP contribution in [-0.4, -0.2) is 41.0 Å². The fourth-order valence-corrected chi connectivity index (χ4v) is 1.63. The standard InChI is InChI=1S/C11H21N3O2/c1-9(11-13-6-7-14(11)2)12-5-4-10(15)8-16-3/h6-7,9-10,12,15H,4-5,8H2,1-3H3. The van der Waals surface area contributed by atoms with Crippen LogP contribution in [0.1, 0.15) is 25.2 Å². The number of ether oxygens (including phenoxy) is 1. The van der Waals surface area contributed by atoms with Gasteiger partial charge in [0.1, 0.15) is 5.82 Å². The largest absolute Gasteiger partial charge is 0.391 e. The molecule has 1 heterocycles. The Morgan fingerprint density at radius 2 is 2.38 bits per heavy atom. The lowest BCUT2D eigenvalue weighted by atomic mass is 10.2. The van der Waals surface area contributed by atoms with Gasteiger partial charge in [0.15, 0.2) is 0 Å². The first-order valence-electron chi connectivity index (χ1n) is 5.52. The topological polar surface area (TPSA) is 59.3 Å². The van der Waals surface area contributed by atoms with Gasteiger partial charge in [-0.1, -0.05) is 0 Å². The van der Waals surface area contributed by atoms with Crippen molar-refractivity contribution in [2.75, 3.05) is 20.3 Å². The summed E-state index contributed by atoms with van der Waals surface area (Å²) in [6, 6.07) is 0.190. The second-order valence-electron chi connectivity index (χ2n) is 3.97. The molecule has 92 valence electrons. The van der Waals surface area contributed by atoms with Gasteiger partial charge < -0.3 is 19.7 Å². The lowest BCUT2D eigenvalue weighted by molar-refractivity contribution is 0.0590. The van der Waals surface area contributed by atoms with Crippen LogP contribution in [0, 0.1) is 0 Å². The van der Waals surface area contributed by atoms with Crippen molar-refractivity contribution in [1.29, 1.82) is 0 Å². The molecule has 2 atom stereocenters. The third kappa shape index (κ3) is 3.92. The predicted molar refractivity (Wildman–Crippen MR) is 62.1 cm³/mol. The molecule has 5 nitrogen and oxygen atoms in total. The SMILES string of the molecule is COCC(O)CCNC(C)c1nccn1C. The van der Waals surface area contributed by atoms with Crippen LogP contribution in [0.3, 0.4) is 0 Å². The second kappa shape index (κ2) is 6.62. The number of aliphatic hydroxyl groups is 1. The van der Waals surface area contributed by atoms with Gasteiger partial charge in [-0.25, -0.2) is 4.98 Å². The fraction of sp³-hybridized carbons (Fsp3) is 0.727. The molecule has 1 rings (SSSR count). The molecular formula is C11H21N3O2. The average molecular weight is 227 g/mol. The third-order valence-corrected chi connectivity index (χ3v) is 2.53. The quantitative estimate of drug-likeness (QED) is 0.711. The number of hydrogen-bond acceptors (Lipinski definition) is 4. The van der Waals surface area contributed by atoms with E-state index in [0.717, 1.165) is 12.4 Å². The molecule has 0 aromatic carbocycles. The highest BCUT2D eigenvalue weighted by Crippen LogP contribution is 2.08. The highest BCUT2D eigenvalue weighted by atomic mass is 16.5. The van der Waals surface area contributed by atoms with Gasteiger partial charge in [0.25, 0.3) is 0 Å². The van der Waals surface area contributed by atoms with Crippen LogP contribution in [0.25, 0.3) is 0 Å². The van der Waals surface area contributed by atoms with E-state index in [0.29, 0.717) is 13.0 Å². The molecule has 0 spiro atoms. The first-order chi connectivity index (χ1) is 7.65. The highest BCUT2D eigenvalue weighted by molar-refractivity contribution is 4.96. The van der Waals surface area contributed by atoms with E-state index in [4.69, 9.17) is 4.74 Å². The van der Waals surface area contributed by atoms with Crippen molar-refractivity contribution in [3.8, 4) is 0 Å². The van der Waals surface area contributed by atoms with Crippen LogP contribution < -0.4 is 5.32 Å². The summed E-state index contributed by atoms with van der Waals surface area (Å²) in [7, 11) is 3.56. The Hall–Kier alpha value is -0.910. The zero-order valence-corrected chi connectivity index (χ0v) is 10.2. The van der Waals surface area contributed by atoms with Crippen LogP contribution in [0.4, 0.5) is 0 Å². The summed E-state index contributed by atoms with van der Waals surface area (Å²) in [5.74, 6) is 1.00. The summed E-state index contributed by atoms with van der Waals surface area (Å²) in [4.78, 5) is 4.26. The zero-order chi connectivity index (χ0) is 12.0. The van der Waals surface area contributed by atoms with E-state index in [1.54, 1.807) is 13.3 Å². The second-order valence-corrected chi connectivity index (χ2v) is 3.97. The van der Waals surface area contributed by atoms with Crippen molar-refractivity contribution in [1.82, 2.24) is 14.9 Å². The van der Waals surface area contributed by atoms with E-state index >= 15 is 0 Å². The zero-order valence-electron chi connectivity index (χ0n) is 10.2. The molecule has 5 heteroatoms. The van der Waals surface area contributed by atoms with Gasteiger partial charge in [-0.05, 0) is 19.9 Å². The van der Waals surface area contributed by atoms with Crippen molar-refractivity contribution in [2.24, 2.45) is 7.05 Å². The molecule has 0 bridgehead atoms. The summed E-state index contributed by atoms with van der Waals surface area (Å²) >= 11 is 0. The Labute approximate surface area is 96.4 Å². The number of imidazole rings is 1. The van der Waals surface area contributed by atoms with Crippen molar-refractivity contribution in [3.05, 3.63) is 18.2 Å². The van der Waals surface area contributed by atoms with Crippen molar-refractivity contribution in [2.45, 2.75) is 25.5 Å². The Balaban J connectivity index is 2.25. The molecule has 0 fully saturated rings. The van der Waals surface area contributed by atoms with Gasteiger partial charge in [0, 0.05) is 26.6 Å². The van der Waals surface area contributed by atoms with Gasteiger partial charge in [-0.2, -0.15) is 0 Å². The molecule has 1 aromatic rings. The van der Waals surface area contributed by atoms with Crippen LogP contribution in [0.15, 0.2) is 12.4 Å². The molecule has 2 unspecified atom stereocenters. The van der Waals surface area contributed by atoms with Gasteiger partial charge in [-0.3, -0.25) is 0 Å². The molecule has 0 aliphatic rings. The third-order valence-electron chi connectivity index (χ3n) is 2.53. The fourth-order valence-electron chi connectivity index (χ4n) is 1.63. The van der Waals surface area contributed by atoms with Gasteiger partial charge >= 0.3 is 0 Å². The Morgan fingerprint density at radius 3 is 2.94 bits per heavy atom. The number of methoxy groups -OCH3 is 1. The van der Waals surface area contributed by atoms with E-state index < -0.39 is 6.10 Å². The first-order valence-corrected chi connectivity index (χ1v) is 5.52. The minimum absolute atomic E-state index is 0.190. The molecule has 1 aromatic heterocycles. The number of aryl methyl sites for hydroxylation is 1. The van der Waals surface area contributed by atoms with Crippen LogP contribution in [0.2, 0.25) is 0 Å². The molecular weight excluding hydrogens is 206 g/mol. The van der Waals surface area contributed by atoms with E-state index in [2.05, 4.69) is 17.2 Å². The normalized spacial score (nSPS) is 15.0.